The van der Waals surface area contributed by atoms with E-state index in [0.717, 1.165) is 31.1 Å². The maximum Gasteiger partial charge on any atom is 0.163 e. The number of thiophene rings is 1. The minimum absolute atomic E-state index is 0. The van der Waals surface area contributed by atoms with Gasteiger partial charge < -0.3 is 14.8 Å². The molecule has 0 unspecified atom stereocenters. The predicted molar refractivity (Wildman–Crippen MR) is 105 cm³/mol. The molecule has 0 aliphatic carbocycles. The molecule has 2 heterocycles. The number of halogens is 3. The van der Waals surface area contributed by atoms with Gasteiger partial charge in [-0.2, -0.15) is 0 Å². The van der Waals surface area contributed by atoms with Crippen LogP contribution >= 0.6 is 36.2 Å². The number of hydrogen-bond donors (Lipinski definition) is 1. The van der Waals surface area contributed by atoms with Crippen molar-refractivity contribution in [2.45, 2.75) is 6.04 Å². The van der Waals surface area contributed by atoms with E-state index in [-0.39, 0.29) is 36.7 Å². The van der Waals surface area contributed by atoms with Crippen LogP contribution in [0.3, 0.4) is 0 Å². The highest BCUT2D eigenvalue weighted by molar-refractivity contribution is 7.10. The van der Waals surface area contributed by atoms with Gasteiger partial charge in [-0.25, -0.2) is 4.39 Å². The Balaban J connectivity index is 0.00000156. The van der Waals surface area contributed by atoms with Crippen molar-refractivity contribution in [1.82, 2.24) is 10.2 Å². The third-order valence-electron chi connectivity index (χ3n) is 4.13. The predicted octanol–water partition coefficient (Wildman–Crippen LogP) is 3.74. The first-order chi connectivity index (χ1) is 11.2. The molecule has 1 aliphatic rings. The zero-order chi connectivity index (χ0) is 16.2. The summed E-state index contributed by atoms with van der Waals surface area (Å²) in [5.74, 6) is 0.708. The smallest absolute Gasteiger partial charge is 0.163 e. The Bertz CT molecular complexity index is 652. The quantitative estimate of drug-likeness (QED) is 0.816. The third-order valence-corrected chi connectivity index (χ3v) is 5.05. The van der Waals surface area contributed by atoms with Gasteiger partial charge in [0.1, 0.15) is 5.82 Å². The number of ether oxygens (including phenoxy) is 2. The van der Waals surface area contributed by atoms with Gasteiger partial charge in [0.05, 0.1) is 20.3 Å². The van der Waals surface area contributed by atoms with Gasteiger partial charge in [-0.1, -0.05) is 6.07 Å². The number of nitrogens with zero attached hydrogens (tertiary/aromatic N) is 1. The van der Waals surface area contributed by atoms with Gasteiger partial charge >= 0.3 is 0 Å². The van der Waals surface area contributed by atoms with Gasteiger partial charge in [-0.3, -0.25) is 4.90 Å². The van der Waals surface area contributed by atoms with Crippen LogP contribution in [-0.4, -0.2) is 45.3 Å². The topological polar surface area (TPSA) is 33.7 Å². The molecule has 4 nitrogen and oxygen atoms in total. The first-order valence-electron chi connectivity index (χ1n) is 7.64. The first-order valence-corrected chi connectivity index (χ1v) is 8.52. The van der Waals surface area contributed by atoms with Crippen LogP contribution in [0.4, 0.5) is 4.39 Å². The fourth-order valence-corrected chi connectivity index (χ4v) is 3.87. The Kier molecular flexibility index (Phi) is 8.96. The zero-order valence-corrected chi connectivity index (χ0v) is 16.6. The summed E-state index contributed by atoms with van der Waals surface area (Å²) in [5, 5.41) is 5.38. The molecule has 3 rings (SSSR count). The summed E-state index contributed by atoms with van der Waals surface area (Å²) in [4.78, 5) is 3.45. The number of nitrogens with one attached hydrogen (secondary N) is 1. The third kappa shape index (κ3) is 4.77. The van der Waals surface area contributed by atoms with Crippen molar-refractivity contribution < 1.29 is 13.9 Å². The minimum Gasteiger partial charge on any atom is -0.493 e. The van der Waals surface area contributed by atoms with Gasteiger partial charge in [0.15, 0.2) is 11.5 Å². The lowest BCUT2D eigenvalue weighted by molar-refractivity contribution is 0.197. The number of rotatable bonds is 5. The average Bonchev–Trinajstić information content (AvgIpc) is 3.11. The van der Waals surface area contributed by atoms with Crippen molar-refractivity contribution in [3.8, 4) is 11.5 Å². The molecule has 0 bridgehead atoms. The Labute approximate surface area is 164 Å². The van der Waals surface area contributed by atoms with Crippen LogP contribution in [0, 0.1) is 5.82 Å². The molecule has 1 fully saturated rings. The van der Waals surface area contributed by atoms with Gasteiger partial charge in [0.25, 0.3) is 0 Å². The van der Waals surface area contributed by atoms with Crippen LogP contribution in [-0.2, 0) is 0 Å². The lowest BCUT2D eigenvalue weighted by Gasteiger charge is -2.35. The average molecular weight is 409 g/mol. The van der Waals surface area contributed by atoms with E-state index in [1.54, 1.807) is 24.5 Å². The number of benzene rings is 1. The molecule has 1 N–H and O–H groups in total. The normalized spacial score (nSPS) is 15.6. The Morgan fingerprint density at radius 2 is 1.76 bits per heavy atom. The molecule has 0 spiro atoms. The van der Waals surface area contributed by atoms with E-state index in [1.807, 2.05) is 11.4 Å². The van der Waals surface area contributed by atoms with Crippen molar-refractivity contribution in [1.29, 1.82) is 0 Å². The minimum atomic E-state index is -0.264. The van der Waals surface area contributed by atoms with E-state index in [0.29, 0.717) is 17.1 Å². The molecule has 0 amide bonds. The van der Waals surface area contributed by atoms with Crippen molar-refractivity contribution in [2.75, 3.05) is 40.4 Å². The van der Waals surface area contributed by atoms with Crippen LogP contribution in [0.5, 0.6) is 11.5 Å². The number of methoxy groups -OCH3 is 2. The van der Waals surface area contributed by atoms with Crippen LogP contribution in [0.1, 0.15) is 16.5 Å². The van der Waals surface area contributed by atoms with Gasteiger partial charge in [0.2, 0.25) is 0 Å². The second kappa shape index (κ2) is 10.2. The highest BCUT2D eigenvalue weighted by atomic mass is 35.5. The SMILES string of the molecule is COc1cc(F)c([C@@H](c2cccs2)N2CCNCC2)cc1OC.Cl.Cl. The molecule has 1 saturated heterocycles. The Morgan fingerprint density at radius 1 is 1.12 bits per heavy atom. The van der Waals surface area contributed by atoms with Crippen LogP contribution in [0.25, 0.3) is 0 Å². The molecule has 1 aromatic heterocycles. The monoisotopic (exact) mass is 408 g/mol. The lowest BCUT2D eigenvalue weighted by atomic mass is 10.0. The van der Waals surface area contributed by atoms with E-state index in [2.05, 4.69) is 16.3 Å². The molecule has 1 aromatic carbocycles. The molecular formula is C17H23Cl2FN2O2S. The first kappa shape index (κ1) is 22.0. The molecule has 8 heteroatoms. The van der Waals surface area contributed by atoms with Crippen LogP contribution in [0.15, 0.2) is 29.6 Å². The summed E-state index contributed by atoms with van der Waals surface area (Å²) < 4.78 is 25.3. The molecule has 0 radical (unpaired) electrons. The summed E-state index contributed by atoms with van der Waals surface area (Å²) >= 11 is 1.65. The van der Waals surface area contributed by atoms with Crippen molar-refractivity contribution in [3.05, 3.63) is 45.9 Å². The zero-order valence-electron chi connectivity index (χ0n) is 14.2. The van der Waals surface area contributed by atoms with E-state index < -0.39 is 0 Å². The van der Waals surface area contributed by atoms with Crippen molar-refractivity contribution in [3.63, 3.8) is 0 Å². The standard InChI is InChI=1S/C17H21FN2O2S.2ClH/c1-21-14-10-12(13(18)11-15(14)22-2)17(16-4-3-9-23-16)20-7-5-19-6-8-20;;/h3-4,9-11,17,19H,5-8H2,1-2H3;2*1H/t17-;;/m0../s1. The van der Waals surface area contributed by atoms with Crippen molar-refractivity contribution >= 4 is 36.2 Å². The number of piperazine rings is 1. The van der Waals surface area contributed by atoms with Crippen molar-refractivity contribution in [2.24, 2.45) is 0 Å². The van der Waals surface area contributed by atoms with Gasteiger partial charge in [-0.15, -0.1) is 36.2 Å². The van der Waals surface area contributed by atoms with Gasteiger partial charge in [0, 0.05) is 42.7 Å². The second-order valence-electron chi connectivity index (χ2n) is 5.43. The maximum atomic E-state index is 14.8. The summed E-state index contributed by atoms with van der Waals surface area (Å²) in [5.41, 5.74) is 0.631. The summed E-state index contributed by atoms with van der Waals surface area (Å²) in [6.45, 7) is 3.60. The Morgan fingerprint density at radius 3 is 2.32 bits per heavy atom. The van der Waals surface area contributed by atoms with E-state index in [9.17, 15) is 4.39 Å². The highest BCUT2D eigenvalue weighted by Gasteiger charge is 2.28. The van der Waals surface area contributed by atoms with E-state index >= 15 is 0 Å². The molecule has 1 atom stereocenters. The highest BCUT2D eigenvalue weighted by Crippen LogP contribution is 2.38. The fourth-order valence-electron chi connectivity index (χ4n) is 3.00. The molecule has 1 aliphatic heterocycles. The number of hydrogen-bond acceptors (Lipinski definition) is 5. The molecule has 140 valence electrons. The Hall–Kier alpha value is -1.05. The van der Waals surface area contributed by atoms with E-state index in [1.165, 1.54) is 13.2 Å². The summed E-state index contributed by atoms with van der Waals surface area (Å²) in [7, 11) is 3.09. The molecule has 25 heavy (non-hydrogen) atoms. The fraction of sp³-hybridized carbons (Fsp3) is 0.412. The molecule has 2 aromatic rings. The lowest BCUT2D eigenvalue weighted by Crippen LogP contribution is -2.45. The van der Waals surface area contributed by atoms with E-state index in [4.69, 9.17) is 9.47 Å². The maximum absolute atomic E-state index is 14.8. The van der Waals surface area contributed by atoms with Crippen LogP contribution < -0.4 is 14.8 Å². The van der Waals surface area contributed by atoms with Gasteiger partial charge in [-0.05, 0) is 17.5 Å². The second-order valence-corrected chi connectivity index (χ2v) is 6.41. The van der Waals surface area contributed by atoms with Crippen LogP contribution in [0.2, 0.25) is 0 Å². The molecule has 0 saturated carbocycles. The largest absolute Gasteiger partial charge is 0.493 e. The summed E-state index contributed by atoms with van der Waals surface area (Å²) in [6, 6.07) is 7.15. The summed E-state index contributed by atoms with van der Waals surface area (Å²) in [6.07, 6.45) is 0. The molecular weight excluding hydrogens is 386 g/mol.